The van der Waals surface area contributed by atoms with Crippen LogP contribution in [0.5, 0.6) is 0 Å². The van der Waals surface area contributed by atoms with Crippen LogP contribution in [0.2, 0.25) is 0 Å². The summed E-state index contributed by atoms with van der Waals surface area (Å²) in [5.41, 5.74) is 8.49. The fraction of sp³-hybridized carbons (Fsp3) is 0.455. The molecule has 0 saturated carbocycles. The van der Waals surface area contributed by atoms with Gasteiger partial charge in [0.2, 0.25) is 10.0 Å². The lowest BCUT2D eigenvalue weighted by molar-refractivity contribution is 0.586. The lowest BCUT2D eigenvalue weighted by atomic mass is 10.2. The molecule has 0 atom stereocenters. The van der Waals surface area contributed by atoms with Gasteiger partial charge in [-0.3, -0.25) is 0 Å². The maximum absolute atomic E-state index is 10.8. The molecule has 0 aliphatic heterocycles. The maximum atomic E-state index is 10.8. The van der Waals surface area contributed by atoms with Gasteiger partial charge in [0, 0.05) is 28.9 Å². The standard InChI is InChI=1S/C11H18BrN3O2S/c1-8-6-11(9(12)7-10(8)13)14-4-3-5-15-18(2,16)17/h6-7,14-15H,3-5,13H2,1-2H3. The van der Waals surface area contributed by atoms with Crippen molar-refractivity contribution in [3.63, 3.8) is 0 Å². The minimum atomic E-state index is -3.09. The Morgan fingerprint density at radius 1 is 1.33 bits per heavy atom. The molecule has 0 saturated heterocycles. The van der Waals surface area contributed by atoms with Gasteiger partial charge in [0.1, 0.15) is 0 Å². The highest BCUT2D eigenvalue weighted by atomic mass is 79.9. The molecule has 0 heterocycles. The summed E-state index contributed by atoms with van der Waals surface area (Å²) in [6.07, 6.45) is 1.86. The molecule has 0 unspecified atom stereocenters. The van der Waals surface area contributed by atoms with Crippen LogP contribution in [0.1, 0.15) is 12.0 Å². The Hall–Kier alpha value is -0.790. The normalized spacial score (nSPS) is 11.5. The molecule has 0 aromatic heterocycles. The third-order valence-electron chi connectivity index (χ3n) is 2.39. The molecule has 5 nitrogen and oxygen atoms in total. The van der Waals surface area contributed by atoms with Crippen LogP contribution >= 0.6 is 15.9 Å². The Morgan fingerprint density at radius 2 is 2.00 bits per heavy atom. The predicted octanol–water partition coefficient (Wildman–Crippen LogP) is 1.69. The van der Waals surface area contributed by atoms with Crippen molar-refractivity contribution in [3.05, 3.63) is 22.2 Å². The topological polar surface area (TPSA) is 84.2 Å². The number of aryl methyl sites for hydroxylation is 1. The SMILES string of the molecule is Cc1cc(NCCCNS(C)(=O)=O)c(Br)cc1N. The number of hydrogen-bond donors (Lipinski definition) is 3. The third kappa shape index (κ3) is 5.24. The minimum Gasteiger partial charge on any atom is -0.398 e. The number of hydrogen-bond acceptors (Lipinski definition) is 4. The van der Waals surface area contributed by atoms with E-state index in [2.05, 4.69) is 26.0 Å². The zero-order valence-corrected chi connectivity index (χ0v) is 12.9. The second kappa shape index (κ2) is 6.40. The lowest BCUT2D eigenvalue weighted by Gasteiger charge is -2.11. The van der Waals surface area contributed by atoms with Crippen molar-refractivity contribution >= 4 is 37.3 Å². The van der Waals surface area contributed by atoms with E-state index in [0.29, 0.717) is 19.5 Å². The van der Waals surface area contributed by atoms with Crippen LogP contribution in [0.25, 0.3) is 0 Å². The summed E-state index contributed by atoms with van der Waals surface area (Å²) in [5, 5.41) is 3.23. The summed E-state index contributed by atoms with van der Waals surface area (Å²) in [6, 6.07) is 3.82. The van der Waals surface area contributed by atoms with E-state index < -0.39 is 10.0 Å². The van der Waals surface area contributed by atoms with E-state index in [-0.39, 0.29) is 0 Å². The number of benzene rings is 1. The lowest BCUT2D eigenvalue weighted by Crippen LogP contribution is -2.24. The number of halogens is 1. The molecule has 4 N–H and O–H groups in total. The number of nitrogens with two attached hydrogens (primary N) is 1. The van der Waals surface area contributed by atoms with Gasteiger partial charge in [0.05, 0.1) is 6.26 Å². The van der Waals surface area contributed by atoms with Crippen LogP contribution in [-0.2, 0) is 10.0 Å². The largest absolute Gasteiger partial charge is 0.398 e. The van der Waals surface area contributed by atoms with Crippen LogP contribution in [0, 0.1) is 6.92 Å². The van der Waals surface area contributed by atoms with Crippen LogP contribution in [0.3, 0.4) is 0 Å². The molecule has 0 fully saturated rings. The van der Waals surface area contributed by atoms with Gasteiger partial charge in [0.25, 0.3) is 0 Å². The number of rotatable bonds is 6. The van der Waals surface area contributed by atoms with E-state index in [1.54, 1.807) is 0 Å². The van der Waals surface area contributed by atoms with E-state index in [1.165, 1.54) is 0 Å². The highest BCUT2D eigenvalue weighted by Gasteiger charge is 2.03. The van der Waals surface area contributed by atoms with E-state index >= 15 is 0 Å². The van der Waals surface area contributed by atoms with Gasteiger partial charge in [-0.15, -0.1) is 0 Å². The van der Waals surface area contributed by atoms with Crippen LogP contribution < -0.4 is 15.8 Å². The maximum Gasteiger partial charge on any atom is 0.208 e. The summed E-state index contributed by atoms with van der Waals surface area (Å²) in [6.45, 7) is 3.06. The Balaban J connectivity index is 2.43. The van der Waals surface area contributed by atoms with E-state index in [1.807, 2.05) is 19.1 Å². The summed E-state index contributed by atoms with van der Waals surface area (Å²) >= 11 is 3.43. The molecular weight excluding hydrogens is 318 g/mol. The summed E-state index contributed by atoms with van der Waals surface area (Å²) in [7, 11) is -3.09. The van der Waals surface area contributed by atoms with E-state index in [4.69, 9.17) is 5.73 Å². The fourth-order valence-electron chi connectivity index (χ4n) is 1.40. The van der Waals surface area contributed by atoms with Gasteiger partial charge >= 0.3 is 0 Å². The van der Waals surface area contributed by atoms with Crippen LogP contribution in [-0.4, -0.2) is 27.8 Å². The average Bonchev–Trinajstić information content (AvgIpc) is 2.23. The predicted molar refractivity (Wildman–Crippen MR) is 79.2 cm³/mol. The molecule has 0 aliphatic carbocycles. The quantitative estimate of drug-likeness (QED) is 0.545. The smallest absolute Gasteiger partial charge is 0.208 e. The number of anilines is 2. The molecule has 102 valence electrons. The van der Waals surface area contributed by atoms with Crippen molar-refractivity contribution in [2.45, 2.75) is 13.3 Å². The van der Waals surface area contributed by atoms with Gasteiger partial charge in [-0.1, -0.05) is 0 Å². The van der Waals surface area contributed by atoms with Crippen molar-refractivity contribution in [1.82, 2.24) is 4.72 Å². The Morgan fingerprint density at radius 3 is 2.61 bits per heavy atom. The second-order valence-corrected chi connectivity index (χ2v) is 6.82. The Bertz CT molecular complexity index is 517. The van der Waals surface area contributed by atoms with Gasteiger partial charge in [-0.2, -0.15) is 0 Å². The van der Waals surface area contributed by atoms with E-state index in [0.717, 1.165) is 27.7 Å². The molecule has 1 aromatic rings. The fourth-order valence-corrected chi connectivity index (χ4v) is 2.42. The van der Waals surface area contributed by atoms with Crippen molar-refractivity contribution in [1.29, 1.82) is 0 Å². The molecule has 7 heteroatoms. The molecule has 1 rings (SSSR count). The van der Waals surface area contributed by atoms with Gasteiger partial charge in [-0.25, -0.2) is 13.1 Å². The summed E-state index contributed by atoms with van der Waals surface area (Å²) < 4.78 is 25.0. The molecule has 1 aromatic carbocycles. The zero-order valence-electron chi connectivity index (χ0n) is 10.5. The summed E-state index contributed by atoms with van der Waals surface area (Å²) in [5.74, 6) is 0. The van der Waals surface area contributed by atoms with Gasteiger partial charge in [0.15, 0.2) is 0 Å². The first kappa shape index (κ1) is 15.3. The first-order chi connectivity index (χ1) is 8.29. The molecule has 0 spiro atoms. The molecular formula is C11H18BrN3O2S. The average molecular weight is 336 g/mol. The van der Waals surface area contributed by atoms with E-state index in [9.17, 15) is 8.42 Å². The first-order valence-electron chi connectivity index (χ1n) is 5.54. The van der Waals surface area contributed by atoms with Crippen molar-refractivity contribution in [3.8, 4) is 0 Å². The van der Waals surface area contributed by atoms with Crippen molar-refractivity contribution in [2.24, 2.45) is 0 Å². The van der Waals surface area contributed by atoms with Crippen molar-refractivity contribution < 1.29 is 8.42 Å². The monoisotopic (exact) mass is 335 g/mol. The molecule has 0 radical (unpaired) electrons. The molecule has 0 amide bonds. The first-order valence-corrected chi connectivity index (χ1v) is 8.22. The van der Waals surface area contributed by atoms with Gasteiger partial charge in [-0.05, 0) is 47.0 Å². The Labute approximate surface area is 116 Å². The second-order valence-electron chi connectivity index (χ2n) is 4.14. The Kier molecular flexibility index (Phi) is 5.43. The highest BCUT2D eigenvalue weighted by molar-refractivity contribution is 9.10. The zero-order chi connectivity index (χ0) is 13.8. The number of nitrogens with one attached hydrogen (secondary N) is 2. The number of nitrogen functional groups attached to an aromatic ring is 1. The third-order valence-corrected chi connectivity index (χ3v) is 3.77. The van der Waals surface area contributed by atoms with Crippen molar-refractivity contribution in [2.75, 3.05) is 30.4 Å². The van der Waals surface area contributed by atoms with Gasteiger partial charge < -0.3 is 11.1 Å². The minimum absolute atomic E-state index is 0.428. The molecule has 0 aliphatic rings. The van der Waals surface area contributed by atoms with Crippen LogP contribution in [0.4, 0.5) is 11.4 Å². The number of sulfonamides is 1. The molecule has 0 bridgehead atoms. The van der Waals surface area contributed by atoms with Crippen LogP contribution in [0.15, 0.2) is 16.6 Å². The molecule has 18 heavy (non-hydrogen) atoms. The summed E-state index contributed by atoms with van der Waals surface area (Å²) in [4.78, 5) is 0. The highest BCUT2D eigenvalue weighted by Crippen LogP contribution is 2.27.